The number of fused-ring (bicyclic) bond motifs is 1. The minimum absolute atomic E-state index is 0.103. The maximum Gasteiger partial charge on any atom is 0.355 e. The van der Waals surface area contributed by atoms with Crippen molar-refractivity contribution in [1.29, 1.82) is 0 Å². The summed E-state index contributed by atoms with van der Waals surface area (Å²) < 4.78 is 21.5. The summed E-state index contributed by atoms with van der Waals surface area (Å²) in [4.78, 5) is 37.6. The van der Waals surface area contributed by atoms with Gasteiger partial charge in [-0.3, -0.25) is 4.21 Å². The molecule has 0 radical (unpaired) electrons. The van der Waals surface area contributed by atoms with Crippen LogP contribution in [0.2, 0.25) is 0 Å². The highest BCUT2D eigenvalue weighted by atomic mass is 32.2. The molecule has 1 unspecified atom stereocenters. The van der Waals surface area contributed by atoms with E-state index in [-0.39, 0.29) is 17.2 Å². The van der Waals surface area contributed by atoms with Crippen LogP contribution in [0, 0.1) is 5.41 Å². The molecular weight excluding hydrogens is 552 g/mol. The summed E-state index contributed by atoms with van der Waals surface area (Å²) in [6, 6.07) is 0.340. The van der Waals surface area contributed by atoms with Gasteiger partial charge in [-0.1, -0.05) is 0 Å². The summed E-state index contributed by atoms with van der Waals surface area (Å²) in [5.74, 6) is 0.253. The normalized spacial score (nSPS) is 21.5. The van der Waals surface area contributed by atoms with Gasteiger partial charge in [0.15, 0.2) is 5.69 Å². The highest BCUT2D eigenvalue weighted by Crippen LogP contribution is 2.48. The van der Waals surface area contributed by atoms with Gasteiger partial charge in [-0.05, 0) is 24.4 Å². The molecule has 7 rings (SSSR count). The Bertz CT molecular complexity index is 1390. The van der Waals surface area contributed by atoms with Crippen LogP contribution >= 0.6 is 22.9 Å². The third-order valence-corrected chi connectivity index (χ3v) is 10.2. The van der Waals surface area contributed by atoms with E-state index in [9.17, 15) is 13.8 Å². The van der Waals surface area contributed by atoms with E-state index < -0.39 is 22.7 Å². The average molecular weight is 577 g/mol. The van der Waals surface area contributed by atoms with Crippen LogP contribution in [0.5, 0.6) is 0 Å². The summed E-state index contributed by atoms with van der Waals surface area (Å²) in [6.07, 6.45) is 4.16. The number of carbonyl (C=O) groups is 2. The third kappa shape index (κ3) is 4.79. The Morgan fingerprint density at radius 3 is 2.50 bits per heavy atom. The first-order valence-corrected chi connectivity index (χ1v) is 15.0. The number of hydrogen-bond donors (Lipinski definition) is 3. The number of aromatic carboxylic acids is 2. The number of anilines is 2. The van der Waals surface area contributed by atoms with Gasteiger partial charge in [0, 0.05) is 53.4 Å². The first-order chi connectivity index (χ1) is 18.3. The van der Waals surface area contributed by atoms with Crippen LogP contribution in [-0.4, -0.2) is 83.8 Å². The molecule has 0 amide bonds. The minimum atomic E-state index is -1.05. The monoisotopic (exact) mass is 576 g/mol. The molecule has 1 spiro atoms. The SMILES string of the molecule is O=C(O)c1cnsc1.O=C(O)c1csc(C2CN(c3nc4c(c(NC5CC6(COC6)C5)n3)S(=O)CC4)C2)n1. The molecule has 3 aromatic rings. The van der Waals surface area contributed by atoms with Gasteiger partial charge in [0.25, 0.3) is 0 Å². The molecule has 4 aliphatic rings. The lowest BCUT2D eigenvalue weighted by atomic mass is 9.64. The lowest BCUT2D eigenvalue weighted by Gasteiger charge is -2.53. The lowest BCUT2D eigenvalue weighted by Crippen LogP contribution is -2.56. The third-order valence-electron chi connectivity index (χ3n) is 7.13. The molecule has 3 aliphatic heterocycles. The molecule has 200 valence electrons. The summed E-state index contributed by atoms with van der Waals surface area (Å²) in [5.41, 5.74) is 1.59. The fourth-order valence-corrected chi connectivity index (χ4v) is 7.72. The number of nitrogens with one attached hydrogen (secondary N) is 1. The van der Waals surface area contributed by atoms with Gasteiger partial charge in [-0.25, -0.2) is 23.9 Å². The van der Waals surface area contributed by atoms with Gasteiger partial charge in [0.1, 0.15) is 15.7 Å². The Kier molecular flexibility index (Phi) is 6.62. The summed E-state index contributed by atoms with van der Waals surface area (Å²) in [6.45, 7) is 3.11. The Hall–Kier alpha value is -3.01. The largest absolute Gasteiger partial charge is 0.478 e. The zero-order chi connectivity index (χ0) is 26.4. The smallest absolute Gasteiger partial charge is 0.355 e. The van der Waals surface area contributed by atoms with E-state index in [1.54, 1.807) is 5.38 Å². The number of ether oxygens (including phenoxy) is 1. The molecule has 3 aromatic heterocycles. The maximum atomic E-state index is 12.5. The maximum absolute atomic E-state index is 12.5. The molecule has 2 saturated heterocycles. The molecule has 1 atom stereocenters. The van der Waals surface area contributed by atoms with E-state index in [4.69, 9.17) is 24.9 Å². The van der Waals surface area contributed by atoms with Crippen LogP contribution in [-0.2, 0) is 22.0 Å². The van der Waals surface area contributed by atoms with E-state index in [0.29, 0.717) is 42.7 Å². The number of thiazole rings is 1. The van der Waals surface area contributed by atoms with Gasteiger partial charge >= 0.3 is 11.9 Å². The zero-order valence-electron chi connectivity index (χ0n) is 20.0. The Morgan fingerprint density at radius 2 is 1.92 bits per heavy atom. The summed E-state index contributed by atoms with van der Waals surface area (Å²) >= 11 is 2.52. The molecule has 38 heavy (non-hydrogen) atoms. The quantitative estimate of drug-likeness (QED) is 0.392. The lowest BCUT2D eigenvalue weighted by molar-refractivity contribution is -0.159. The molecule has 0 aromatic carbocycles. The molecule has 6 heterocycles. The van der Waals surface area contributed by atoms with E-state index in [1.165, 1.54) is 22.9 Å². The van der Waals surface area contributed by atoms with Crippen molar-refractivity contribution in [2.24, 2.45) is 5.41 Å². The molecule has 0 bridgehead atoms. The zero-order valence-corrected chi connectivity index (χ0v) is 22.5. The molecule has 1 saturated carbocycles. The molecule has 15 heteroatoms. The standard InChI is InChI=1S/C19H21N5O4S2.C4H3NO2S/c25-17(26)13-7-29-16(21-13)10-5-24(6-10)18-22-12-1-2-30(27)14(12)15(23-18)20-11-3-19(4-11)8-28-9-19;6-4(7)3-1-5-8-2-3/h7,10-11H,1-6,8-9H2,(H,25,26)(H,20,22,23);1-2H,(H,6,7). The number of aromatic nitrogens is 4. The predicted octanol–water partition coefficient (Wildman–Crippen LogP) is 2.33. The number of hydrogen-bond acceptors (Lipinski definition) is 12. The second kappa shape index (κ2) is 9.94. The highest BCUT2D eigenvalue weighted by Gasteiger charge is 2.50. The van der Waals surface area contributed by atoms with Gasteiger partial charge in [0.05, 0.1) is 41.5 Å². The van der Waals surface area contributed by atoms with Crippen molar-refractivity contribution in [3.05, 3.63) is 38.9 Å². The van der Waals surface area contributed by atoms with Crippen molar-refractivity contribution in [1.82, 2.24) is 19.3 Å². The van der Waals surface area contributed by atoms with Crippen LogP contribution < -0.4 is 10.2 Å². The van der Waals surface area contributed by atoms with Gasteiger partial charge in [0.2, 0.25) is 5.95 Å². The molecular formula is C23H24N6O6S3. The van der Waals surface area contributed by atoms with Gasteiger partial charge < -0.3 is 25.2 Å². The van der Waals surface area contributed by atoms with Crippen molar-refractivity contribution in [2.75, 3.05) is 42.3 Å². The molecule has 12 nitrogen and oxygen atoms in total. The van der Waals surface area contributed by atoms with Crippen molar-refractivity contribution in [2.45, 2.75) is 36.1 Å². The Labute approximate surface area is 227 Å². The van der Waals surface area contributed by atoms with Crippen LogP contribution in [0.3, 0.4) is 0 Å². The number of nitrogens with zero attached hydrogens (tertiary/aromatic N) is 5. The van der Waals surface area contributed by atoms with Crippen LogP contribution in [0.4, 0.5) is 11.8 Å². The van der Waals surface area contributed by atoms with E-state index in [0.717, 1.165) is 59.0 Å². The van der Waals surface area contributed by atoms with E-state index >= 15 is 0 Å². The first kappa shape index (κ1) is 25.3. The Balaban J connectivity index is 0.000000285. The van der Waals surface area contributed by atoms with Crippen molar-refractivity contribution < 1.29 is 28.7 Å². The average Bonchev–Trinajstić information content (AvgIpc) is 3.56. The van der Waals surface area contributed by atoms with Crippen molar-refractivity contribution >= 4 is 57.4 Å². The molecule has 1 aliphatic carbocycles. The van der Waals surface area contributed by atoms with Crippen molar-refractivity contribution in [3.63, 3.8) is 0 Å². The number of rotatable bonds is 6. The number of carboxylic acid groups (broad SMARTS) is 2. The summed E-state index contributed by atoms with van der Waals surface area (Å²) in [5, 5.41) is 24.8. The molecule has 3 N–H and O–H groups in total. The molecule has 3 fully saturated rings. The van der Waals surface area contributed by atoms with Crippen molar-refractivity contribution in [3.8, 4) is 0 Å². The predicted molar refractivity (Wildman–Crippen MR) is 140 cm³/mol. The second-order valence-corrected chi connectivity index (χ2v) is 12.9. The fraction of sp³-hybridized carbons (Fsp3) is 0.478. The Morgan fingerprint density at radius 1 is 1.13 bits per heavy atom. The van der Waals surface area contributed by atoms with Crippen LogP contribution in [0.25, 0.3) is 0 Å². The fourth-order valence-electron chi connectivity index (χ4n) is 5.01. The van der Waals surface area contributed by atoms with Gasteiger partial charge in [-0.2, -0.15) is 4.98 Å². The van der Waals surface area contributed by atoms with E-state index in [1.807, 2.05) is 0 Å². The second-order valence-electron chi connectivity index (χ2n) is 9.89. The topological polar surface area (TPSA) is 168 Å². The van der Waals surface area contributed by atoms with E-state index in [2.05, 4.69) is 19.6 Å². The van der Waals surface area contributed by atoms with Crippen LogP contribution in [0.1, 0.15) is 50.3 Å². The minimum Gasteiger partial charge on any atom is -0.478 e. The van der Waals surface area contributed by atoms with Crippen LogP contribution in [0.15, 0.2) is 21.9 Å². The summed E-state index contributed by atoms with van der Waals surface area (Å²) in [7, 11) is -1.05. The highest BCUT2D eigenvalue weighted by molar-refractivity contribution is 7.85. The first-order valence-electron chi connectivity index (χ1n) is 12.0. The van der Waals surface area contributed by atoms with Gasteiger partial charge in [-0.15, -0.1) is 11.3 Å². The number of carboxylic acids is 2. The number of aryl methyl sites for hydroxylation is 1.